The molecule has 1 aromatic rings. The van der Waals surface area contributed by atoms with Crippen LogP contribution in [0.2, 0.25) is 0 Å². The molecule has 0 fully saturated rings. The molecule has 0 aliphatic carbocycles. The molecule has 0 spiro atoms. The monoisotopic (exact) mass is 228 g/mol. The molecule has 1 aromatic heterocycles. The Balaban J connectivity index is 2.63. The first-order valence-electron chi connectivity index (χ1n) is 4.09. The second-order valence-electron chi connectivity index (χ2n) is 2.82. The standard InChI is InChI=1S/C9H13BrN2/c1-2-7(11)6-8-4-3-5-9(10)12-8/h3-5,7H,2,6,11H2,1H3. The number of nitrogens with two attached hydrogens (primary N) is 1. The van der Waals surface area contributed by atoms with E-state index >= 15 is 0 Å². The molecule has 0 aliphatic heterocycles. The maximum Gasteiger partial charge on any atom is 0.106 e. The molecule has 66 valence electrons. The van der Waals surface area contributed by atoms with Gasteiger partial charge in [-0.3, -0.25) is 0 Å². The number of hydrogen-bond donors (Lipinski definition) is 1. The van der Waals surface area contributed by atoms with Gasteiger partial charge in [-0.1, -0.05) is 13.0 Å². The Morgan fingerprint density at radius 3 is 2.92 bits per heavy atom. The van der Waals surface area contributed by atoms with Crippen LogP contribution >= 0.6 is 15.9 Å². The summed E-state index contributed by atoms with van der Waals surface area (Å²) in [4.78, 5) is 4.30. The van der Waals surface area contributed by atoms with Crippen LogP contribution in [0.5, 0.6) is 0 Å². The summed E-state index contributed by atoms with van der Waals surface area (Å²) >= 11 is 3.32. The first kappa shape index (κ1) is 9.68. The van der Waals surface area contributed by atoms with Crippen molar-refractivity contribution in [2.75, 3.05) is 0 Å². The number of rotatable bonds is 3. The van der Waals surface area contributed by atoms with Crippen molar-refractivity contribution in [1.82, 2.24) is 4.98 Å². The van der Waals surface area contributed by atoms with E-state index in [2.05, 4.69) is 27.8 Å². The average molecular weight is 229 g/mol. The lowest BCUT2D eigenvalue weighted by Crippen LogP contribution is -2.21. The summed E-state index contributed by atoms with van der Waals surface area (Å²) in [6.07, 6.45) is 1.85. The Hall–Kier alpha value is -0.410. The highest BCUT2D eigenvalue weighted by Gasteiger charge is 2.01. The molecule has 0 aliphatic rings. The molecular weight excluding hydrogens is 216 g/mol. The van der Waals surface area contributed by atoms with Crippen LogP contribution in [0, 0.1) is 0 Å². The summed E-state index contributed by atoms with van der Waals surface area (Å²) in [6.45, 7) is 2.09. The van der Waals surface area contributed by atoms with Gasteiger partial charge in [-0.25, -0.2) is 4.98 Å². The lowest BCUT2D eigenvalue weighted by molar-refractivity contribution is 0.636. The van der Waals surface area contributed by atoms with E-state index < -0.39 is 0 Å². The van der Waals surface area contributed by atoms with Gasteiger partial charge in [-0.05, 0) is 34.5 Å². The predicted molar refractivity (Wildman–Crippen MR) is 53.9 cm³/mol. The number of hydrogen-bond acceptors (Lipinski definition) is 2. The number of nitrogens with zero attached hydrogens (tertiary/aromatic N) is 1. The fourth-order valence-corrected chi connectivity index (χ4v) is 1.36. The predicted octanol–water partition coefficient (Wildman–Crippen LogP) is 2.12. The molecule has 1 rings (SSSR count). The summed E-state index contributed by atoms with van der Waals surface area (Å²) < 4.78 is 0.878. The molecule has 1 atom stereocenters. The molecule has 3 heteroatoms. The zero-order valence-electron chi connectivity index (χ0n) is 7.13. The van der Waals surface area contributed by atoms with Gasteiger partial charge in [-0.15, -0.1) is 0 Å². The van der Waals surface area contributed by atoms with Crippen LogP contribution in [0.1, 0.15) is 19.0 Å². The van der Waals surface area contributed by atoms with Crippen molar-refractivity contribution in [3.8, 4) is 0 Å². The van der Waals surface area contributed by atoms with Gasteiger partial charge in [0.1, 0.15) is 4.60 Å². The topological polar surface area (TPSA) is 38.9 Å². The Morgan fingerprint density at radius 1 is 1.58 bits per heavy atom. The third-order valence-corrected chi connectivity index (χ3v) is 2.21. The fraction of sp³-hybridized carbons (Fsp3) is 0.444. The minimum Gasteiger partial charge on any atom is -0.327 e. The second kappa shape index (κ2) is 4.58. The van der Waals surface area contributed by atoms with E-state index in [-0.39, 0.29) is 6.04 Å². The van der Waals surface area contributed by atoms with Gasteiger partial charge in [0.2, 0.25) is 0 Å². The molecule has 0 amide bonds. The highest BCUT2D eigenvalue weighted by molar-refractivity contribution is 9.10. The normalized spacial score (nSPS) is 12.9. The van der Waals surface area contributed by atoms with Crippen LogP contribution in [0.4, 0.5) is 0 Å². The molecule has 1 unspecified atom stereocenters. The summed E-state index contributed by atoms with van der Waals surface area (Å²) in [5.41, 5.74) is 6.85. The molecule has 0 aromatic carbocycles. The molecule has 2 N–H and O–H groups in total. The zero-order chi connectivity index (χ0) is 8.97. The number of pyridine rings is 1. The van der Waals surface area contributed by atoms with E-state index in [1.165, 1.54) is 0 Å². The van der Waals surface area contributed by atoms with Crippen molar-refractivity contribution in [2.24, 2.45) is 5.73 Å². The SMILES string of the molecule is CCC(N)Cc1cccc(Br)n1. The Labute approximate surface area is 81.3 Å². The minimum absolute atomic E-state index is 0.229. The van der Waals surface area contributed by atoms with Crippen molar-refractivity contribution in [2.45, 2.75) is 25.8 Å². The minimum atomic E-state index is 0.229. The van der Waals surface area contributed by atoms with E-state index in [1.54, 1.807) is 0 Å². The van der Waals surface area contributed by atoms with Gasteiger partial charge in [0.15, 0.2) is 0 Å². The van der Waals surface area contributed by atoms with E-state index in [9.17, 15) is 0 Å². The van der Waals surface area contributed by atoms with Gasteiger partial charge in [0.05, 0.1) is 0 Å². The molecule has 2 nitrogen and oxygen atoms in total. The largest absolute Gasteiger partial charge is 0.327 e. The van der Waals surface area contributed by atoms with E-state index in [4.69, 9.17) is 5.73 Å². The molecule has 0 radical (unpaired) electrons. The van der Waals surface area contributed by atoms with Crippen LogP contribution in [0.3, 0.4) is 0 Å². The summed E-state index contributed by atoms with van der Waals surface area (Å²) in [6, 6.07) is 6.13. The lowest BCUT2D eigenvalue weighted by Gasteiger charge is -2.07. The Kier molecular flexibility index (Phi) is 3.69. The van der Waals surface area contributed by atoms with Crippen molar-refractivity contribution in [3.63, 3.8) is 0 Å². The van der Waals surface area contributed by atoms with Gasteiger partial charge in [0.25, 0.3) is 0 Å². The van der Waals surface area contributed by atoms with E-state index in [0.29, 0.717) is 0 Å². The van der Waals surface area contributed by atoms with Crippen LogP contribution in [0.25, 0.3) is 0 Å². The highest BCUT2D eigenvalue weighted by atomic mass is 79.9. The molecule has 0 bridgehead atoms. The molecule has 1 heterocycles. The first-order valence-corrected chi connectivity index (χ1v) is 4.88. The van der Waals surface area contributed by atoms with Crippen LogP contribution < -0.4 is 5.73 Å². The first-order chi connectivity index (χ1) is 5.72. The molecule has 0 saturated heterocycles. The van der Waals surface area contributed by atoms with Crippen LogP contribution in [-0.2, 0) is 6.42 Å². The zero-order valence-corrected chi connectivity index (χ0v) is 8.71. The fourth-order valence-electron chi connectivity index (χ4n) is 0.977. The number of aromatic nitrogens is 1. The third-order valence-electron chi connectivity index (χ3n) is 1.77. The van der Waals surface area contributed by atoms with Crippen molar-refractivity contribution < 1.29 is 0 Å². The van der Waals surface area contributed by atoms with Gasteiger partial charge >= 0.3 is 0 Å². The second-order valence-corrected chi connectivity index (χ2v) is 3.64. The molecule has 0 saturated carbocycles. The molecular formula is C9H13BrN2. The summed E-state index contributed by atoms with van der Waals surface area (Å²) in [7, 11) is 0. The quantitative estimate of drug-likeness (QED) is 0.806. The van der Waals surface area contributed by atoms with Gasteiger partial charge < -0.3 is 5.73 Å². The Morgan fingerprint density at radius 2 is 2.33 bits per heavy atom. The maximum absolute atomic E-state index is 5.80. The van der Waals surface area contributed by atoms with Crippen LogP contribution in [0.15, 0.2) is 22.8 Å². The highest BCUT2D eigenvalue weighted by Crippen LogP contribution is 2.08. The van der Waals surface area contributed by atoms with Crippen molar-refractivity contribution >= 4 is 15.9 Å². The van der Waals surface area contributed by atoms with Crippen LogP contribution in [-0.4, -0.2) is 11.0 Å². The van der Waals surface area contributed by atoms with Gasteiger partial charge in [-0.2, -0.15) is 0 Å². The number of halogens is 1. The molecule has 12 heavy (non-hydrogen) atoms. The third kappa shape index (κ3) is 2.91. The van der Waals surface area contributed by atoms with E-state index in [0.717, 1.165) is 23.1 Å². The average Bonchev–Trinajstić information content (AvgIpc) is 2.04. The van der Waals surface area contributed by atoms with E-state index in [1.807, 2.05) is 18.2 Å². The summed E-state index contributed by atoms with van der Waals surface area (Å²) in [5.74, 6) is 0. The lowest BCUT2D eigenvalue weighted by atomic mass is 10.1. The summed E-state index contributed by atoms with van der Waals surface area (Å²) in [5, 5.41) is 0. The van der Waals surface area contributed by atoms with Gasteiger partial charge in [0, 0.05) is 18.2 Å². The maximum atomic E-state index is 5.80. The Bertz CT molecular complexity index is 250. The van der Waals surface area contributed by atoms with Crippen molar-refractivity contribution in [3.05, 3.63) is 28.5 Å². The smallest absolute Gasteiger partial charge is 0.106 e. The van der Waals surface area contributed by atoms with Crippen molar-refractivity contribution in [1.29, 1.82) is 0 Å².